The molecular formula is C17H22FN3O3S. The molecule has 0 radical (unpaired) electrons. The molecule has 1 aliphatic rings. The Bertz CT molecular complexity index is 823. The Balaban J connectivity index is 1.59. The number of hydrogen-bond donors (Lipinski definition) is 1. The number of benzene rings is 1. The van der Waals surface area contributed by atoms with E-state index >= 15 is 0 Å². The van der Waals surface area contributed by atoms with E-state index in [1.165, 1.54) is 10.4 Å². The Labute approximate surface area is 147 Å². The fourth-order valence-corrected chi connectivity index (χ4v) is 4.94. The first-order valence-corrected chi connectivity index (χ1v) is 9.72. The van der Waals surface area contributed by atoms with E-state index in [0.717, 1.165) is 0 Å². The number of sulfonamides is 1. The van der Waals surface area contributed by atoms with E-state index in [1.807, 2.05) is 0 Å². The summed E-state index contributed by atoms with van der Waals surface area (Å²) in [4.78, 5) is 0.272. The van der Waals surface area contributed by atoms with Crippen LogP contribution in [0.2, 0.25) is 0 Å². The smallest absolute Gasteiger partial charge is 0.246 e. The van der Waals surface area contributed by atoms with Crippen LogP contribution in [0.4, 0.5) is 4.39 Å². The van der Waals surface area contributed by atoms with Crippen LogP contribution in [-0.4, -0.2) is 42.6 Å². The van der Waals surface area contributed by atoms with Crippen molar-refractivity contribution < 1.29 is 17.5 Å². The number of aromatic amines is 1. The molecule has 1 N–H and O–H groups in total. The van der Waals surface area contributed by atoms with Crippen LogP contribution < -0.4 is 4.74 Å². The molecule has 136 valence electrons. The number of aromatic nitrogens is 2. The summed E-state index contributed by atoms with van der Waals surface area (Å²) in [5.41, 5.74) is 1.05. The number of H-pyrrole nitrogens is 1. The van der Waals surface area contributed by atoms with Gasteiger partial charge in [0.15, 0.2) is 11.6 Å². The van der Waals surface area contributed by atoms with Gasteiger partial charge in [0.05, 0.1) is 18.0 Å². The summed E-state index contributed by atoms with van der Waals surface area (Å²) < 4.78 is 46.2. The number of nitrogens with one attached hydrogen (secondary N) is 1. The molecule has 0 saturated carbocycles. The minimum atomic E-state index is -3.54. The Morgan fingerprint density at radius 3 is 2.56 bits per heavy atom. The number of hydrogen-bond acceptors (Lipinski definition) is 4. The number of nitrogens with zero attached hydrogens (tertiary/aromatic N) is 2. The predicted molar refractivity (Wildman–Crippen MR) is 91.4 cm³/mol. The molecule has 1 fully saturated rings. The van der Waals surface area contributed by atoms with Crippen LogP contribution in [-0.2, 0) is 10.0 Å². The van der Waals surface area contributed by atoms with Gasteiger partial charge in [-0.05, 0) is 44.7 Å². The average Bonchev–Trinajstić information content (AvgIpc) is 2.94. The molecule has 25 heavy (non-hydrogen) atoms. The van der Waals surface area contributed by atoms with Crippen molar-refractivity contribution >= 4 is 10.0 Å². The van der Waals surface area contributed by atoms with Crippen molar-refractivity contribution in [2.45, 2.75) is 31.6 Å². The Morgan fingerprint density at radius 1 is 1.28 bits per heavy atom. The van der Waals surface area contributed by atoms with Crippen molar-refractivity contribution in [3.05, 3.63) is 41.5 Å². The van der Waals surface area contributed by atoms with Crippen molar-refractivity contribution in [1.82, 2.24) is 14.5 Å². The summed E-state index contributed by atoms with van der Waals surface area (Å²) >= 11 is 0. The van der Waals surface area contributed by atoms with Crippen LogP contribution in [0.1, 0.15) is 24.2 Å². The molecule has 2 heterocycles. The summed E-state index contributed by atoms with van der Waals surface area (Å²) in [7, 11) is -3.54. The predicted octanol–water partition coefficient (Wildman–Crippen LogP) is 2.65. The van der Waals surface area contributed by atoms with Crippen molar-refractivity contribution in [2.75, 3.05) is 19.7 Å². The highest BCUT2D eigenvalue weighted by molar-refractivity contribution is 7.89. The molecule has 6 nitrogen and oxygen atoms in total. The highest BCUT2D eigenvalue weighted by atomic mass is 32.2. The van der Waals surface area contributed by atoms with E-state index in [0.29, 0.717) is 43.9 Å². The lowest BCUT2D eigenvalue weighted by atomic mass is 9.99. The van der Waals surface area contributed by atoms with E-state index in [9.17, 15) is 12.8 Å². The van der Waals surface area contributed by atoms with Crippen molar-refractivity contribution in [3.63, 3.8) is 0 Å². The SMILES string of the molecule is Cc1n[nH]c(C)c1S(=O)(=O)N1CCC(COc2ccccc2F)CC1. The molecule has 0 atom stereocenters. The van der Waals surface area contributed by atoms with Gasteiger partial charge in [-0.2, -0.15) is 9.40 Å². The first-order chi connectivity index (χ1) is 11.9. The average molecular weight is 367 g/mol. The lowest BCUT2D eigenvalue weighted by Crippen LogP contribution is -2.40. The van der Waals surface area contributed by atoms with Crippen LogP contribution in [0.25, 0.3) is 0 Å². The number of para-hydroxylation sites is 1. The minimum Gasteiger partial charge on any atom is -0.490 e. The molecule has 0 spiro atoms. The molecule has 1 aromatic heterocycles. The number of aryl methyl sites for hydroxylation is 2. The van der Waals surface area contributed by atoms with Crippen LogP contribution in [0.15, 0.2) is 29.2 Å². The normalized spacial score (nSPS) is 16.9. The third kappa shape index (κ3) is 3.69. The number of piperidine rings is 1. The summed E-state index contributed by atoms with van der Waals surface area (Å²) in [5, 5.41) is 6.70. The quantitative estimate of drug-likeness (QED) is 0.882. The lowest BCUT2D eigenvalue weighted by molar-refractivity contribution is 0.181. The molecule has 0 bridgehead atoms. The summed E-state index contributed by atoms with van der Waals surface area (Å²) in [6.07, 6.45) is 1.37. The van der Waals surface area contributed by atoms with Crippen LogP contribution >= 0.6 is 0 Å². The summed E-state index contributed by atoms with van der Waals surface area (Å²) in [5.74, 6) is 0.0632. The van der Waals surface area contributed by atoms with Gasteiger partial charge in [0.2, 0.25) is 10.0 Å². The fraction of sp³-hybridized carbons (Fsp3) is 0.471. The van der Waals surface area contributed by atoms with Gasteiger partial charge < -0.3 is 4.74 Å². The van der Waals surface area contributed by atoms with Gasteiger partial charge in [-0.15, -0.1) is 0 Å². The number of ether oxygens (including phenoxy) is 1. The van der Waals surface area contributed by atoms with Crippen LogP contribution in [0.3, 0.4) is 0 Å². The Hall–Kier alpha value is -1.93. The maximum Gasteiger partial charge on any atom is 0.246 e. The van der Waals surface area contributed by atoms with Gasteiger partial charge >= 0.3 is 0 Å². The molecule has 1 aromatic carbocycles. The van der Waals surface area contributed by atoms with Crippen molar-refractivity contribution in [3.8, 4) is 5.75 Å². The summed E-state index contributed by atoms with van der Waals surface area (Å²) in [6.45, 7) is 4.64. The topological polar surface area (TPSA) is 75.3 Å². The third-order valence-electron chi connectivity index (χ3n) is 4.54. The van der Waals surface area contributed by atoms with Crippen molar-refractivity contribution in [2.24, 2.45) is 5.92 Å². The first kappa shape index (κ1) is 17.9. The molecule has 8 heteroatoms. The zero-order valence-corrected chi connectivity index (χ0v) is 15.1. The first-order valence-electron chi connectivity index (χ1n) is 8.28. The standard InChI is InChI=1S/C17H22FN3O3S/c1-12-17(13(2)20-19-12)25(22,23)21-9-7-14(8-10-21)11-24-16-6-4-3-5-15(16)18/h3-6,14H,7-11H2,1-2H3,(H,19,20). The van der Waals surface area contributed by atoms with Crippen LogP contribution in [0, 0.1) is 25.6 Å². The Morgan fingerprint density at radius 2 is 1.96 bits per heavy atom. The second kappa shape index (κ2) is 7.13. The minimum absolute atomic E-state index is 0.206. The lowest BCUT2D eigenvalue weighted by Gasteiger charge is -2.31. The fourth-order valence-electron chi connectivity index (χ4n) is 3.14. The van der Waals surface area contributed by atoms with Gasteiger partial charge in [-0.25, -0.2) is 12.8 Å². The zero-order chi connectivity index (χ0) is 18.0. The van der Waals surface area contributed by atoms with Gasteiger partial charge in [0, 0.05) is 13.1 Å². The van der Waals surface area contributed by atoms with E-state index in [-0.39, 0.29) is 22.4 Å². The maximum absolute atomic E-state index is 13.6. The number of halogens is 1. The zero-order valence-electron chi connectivity index (χ0n) is 14.3. The van der Waals surface area contributed by atoms with Gasteiger partial charge in [0.25, 0.3) is 0 Å². The molecule has 2 aromatic rings. The summed E-state index contributed by atoms with van der Waals surface area (Å²) in [6, 6.07) is 6.30. The highest BCUT2D eigenvalue weighted by Crippen LogP contribution is 2.27. The third-order valence-corrected chi connectivity index (χ3v) is 6.71. The molecule has 3 rings (SSSR count). The molecular weight excluding hydrogens is 345 g/mol. The monoisotopic (exact) mass is 367 g/mol. The maximum atomic E-state index is 13.6. The molecule has 0 amide bonds. The molecule has 1 aliphatic heterocycles. The van der Waals surface area contributed by atoms with Gasteiger partial charge in [-0.3, -0.25) is 5.10 Å². The molecule has 0 aliphatic carbocycles. The van der Waals surface area contributed by atoms with E-state index < -0.39 is 10.0 Å². The van der Waals surface area contributed by atoms with Crippen molar-refractivity contribution in [1.29, 1.82) is 0 Å². The highest BCUT2D eigenvalue weighted by Gasteiger charge is 2.33. The second-order valence-electron chi connectivity index (χ2n) is 6.35. The molecule has 1 saturated heterocycles. The number of rotatable bonds is 5. The van der Waals surface area contributed by atoms with E-state index in [1.54, 1.807) is 32.0 Å². The molecule has 0 unspecified atom stereocenters. The Kier molecular flexibility index (Phi) is 5.10. The van der Waals surface area contributed by atoms with Gasteiger partial charge in [-0.1, -0.05) is 12.1 Å². The van der Waals surface area contributed by atoms with Gasteiger partial charge in [0.1, 0.15) is 4.90 Å². The van der Waals surface area contributed by atoms with Crippen LogP contribution in [0.5, 0.6) is 5.75 Å². The second-order valence-corrected chi connectivity index (χ2v) is 8.23. The van der Waals surface area contributed by atoms with E-state index in [2.05, 4.69) is 10.2 Å². The van der Waals surface area contributed by atoms with E-state index in [4.69, 9.17) is 4.74 Å². The largest absolute Gasteiger partial charge is 0.490 e.